The van der Waals surface area contributed by atoms with Gasteiger partial charge in [-0.25, -0.2) is 4.79 Å². The molecule has 5 rings (SSSR count). The van der Waals surface area contributed by atoms with Gasteiger partial charge in [-0.15, -0.1) is 0 Å². The van der Waals surface area contributed by atoms with Crippen LogP contribution in [0.5, 0.6) is 0 Å². The first kappa shape index (κ1) is 22.3. The van der Waals surface area contributed by atoms with Gasteiger partial charge in [0.05, 0.1) is 13.2 Å². The van der Waals surface area contributed by atoms with E-state index in [1.807, 2.05) is 24.3 Å². The van der Waals surface area contributed by atoms with E-state index in [-0.39, 0.29) is 11.9 Å². The first-order valence-electron chi connectivity index (χ1n) is 12.0. The van der Waals surface area contributed by atoms with Crippen LogP contribution in [-0.2, 0) is 20.8 Å². The lowest BCUT2D eigenvalue weighted by molar-refractivity contribution is -0.136. The van der Waals surface area contributed by atoms with E-state index in [1.165, 1.54) is 4.90 Å². The Morgan fingerprint density at radius 3 is 2.52 bits per heavy atom. The van der Waals surface area contributed by atoms with E-state index in [0.717, 1.165) is 55.5 Å². The largest absolute Gasteiger partial charge is 0.383 e. The molecule has 33 heavy (non-hydrogen) atoms. The van der Waals surface area contributed by atoms with Crippen molar-refractivity contribution in [2.24, 2.45) is 0 Å². The lowest BCUT2D eigenvalue weighted by atomic mass is 9.84. The summed E-state index contributed by atoms with van der Waals surface area (Å²) in [6, 6.07) is 14.5. The molecular weight excluding hydrogens is 418 g/mol. The molecule has 0 unspecified atom stereocenters. The highest BCUT2D eigenvalue weighted by molar-refractivity contribution is 6.07. The molecule has 0 aromatic heterocycles. The first-order valence-corrected chi connectivity index (χ1v) is 12.0. The number of fused-ring (bicyclic) bond motifs is 1. The number of likely N-dealkylation sites (tertiary alicyclic amines) is 1. The monoisotopic (exact) mass is 451 g/mol. The summed E-state index contributed by atoms with van der Waals surface area (Å²) in [5.41, 5.74) is 0.236. The maximum absolute atomic E-state index is 13.9. The van der Waals surface area contributed by atoms with Gasteiger partial charge in [0.2, 0.25) is 0 Å². The van der Waals surface area contributed by atoms with E-state index in [2.05, 4.69) is 23.1 Å². The van der Waals surface area contributed by atoms with Crippen molar-refractivity contribution in [3.05, 3.63) is 48.0 Å². The van der Waals surface area contributed by atoms with Crippen molar-refractivity contribution in [1.82, 2.24) is 14.7 Å². The first-order chi connectivity index (χ1) is 16.1. The molecule has 3 saturated heterocycles. The van der Waals surface area contributed by atoms with Crippen molar-refractivity contribution in [1.29, 1.82) is 0 Å². The third-order valence-corrected chi connectivity index (χ3v) is 7.68. The molecule has 3 aliphatic rings. The van der Waals surface area contributed by atoms with Gasteiger partial charge in [0.15, 0.2) is 0 Å². The molecule has 2 aromatic carbocycles. The van der Waals surface area contributed by atoms with Crippen LogP contribution in [0, 0.1) is 0 Å². The number of imide groups is 1. The molecule has 7 heteroatoms. The second kappa shape index (κ2) is 9.41. The fourth-order valence-corrected chi connectivity index (χ4v) is 5.81. The van der Waals surface area contributed by atoms with E-state index in [0.29, 0.717) is 38.6 Å². The number of urea groups is 1. The van der Waals surface area contributed by atoms with Gasteiger partial charge in [0.1, 0.15) is 5.54 Å². The molecule has 0 radical (unpaired) electrons. The minimum atomic E-state index is -0.762. The number of carbonyl (C=O) groups excluding carboxylic acids is 2. The van der Waals surface area contributed by atoms with Crippen LogP contribution in [0.4, 0.5) is 4.79 Å². The molecule has 0 saturated carbocycles. The Morgan fingerprint density at radius 1 is 1.03 bits per heavy atom. The average molecular weight is 452 g/mol. The molecule has 3 fully saturated rings. The normalized spacial score (nSPS) is 22.1. The summed E-state index contributed by atoms with van der Waals surface area (Å²) in [7, 11) is 1.64. The Labute approximate surface area is 195 Å². The molecule has 3 amide bonds. The van der Waals surface area contributed by atoms with Gasteiger partial charge in [0, 0.05) is 46.0 Å². The number of methoxy groups -OCH3 is 1. The predicted molar refractivity (Wildman–Crippen MR) is 126 cm³/mol. The quantitative estimate of drug-likeness (QED) is 0.631. The number of hydrogen-bond acceptors (Lipinski definition) is 5. The van der Waals surface area contributed by atoms with Crippen molar-refractivity contribution in [2.75, 3.05) is 46.6 Å². The zero-order valence-electron chi connectivity index (χ0n) is 19.4. The Bertz CT molecular complexity index is 1010. The molecule has 176 valence electrons. The highest BCUT2D eigenvalue weighted by atomic mass is 16.5. The standard InChI is InChI=1S/C26H33N3O4/c1-32-18-15-29-25(31)28(19-21-7-4-6-20-5-2-3-8-23(20)21)24(30)26(29)11-13-27(14-12-26)22-9-16-33-17-10-22/h2-8,22H,9-19H2,1H3. The Morgan fingerprint density at radius 2 is 1.76 bits per heavy atom. The van der Waals surface area contributed by atoms with Crippen LogP contribution >= 0.6 is 0 Å². The highest BCUT2D eigenvalue weighted by Gasteiger charge is 2.58. The number of ether oxygens (including phenoxy) is 2. The molecule has 3 aliphatic heterocycles. The maximum Gasteiger partial charge on any atom is 0.328 e. The van der Waals surface area contributed by atoms with Gasteiger partial charge < -0.3 is 19.3 Å². The molecular formula is C26H33N3O4. The van der Waals surface area contributed by atoms with Crippen molar-refractivity contribution >= 4 is 22.7 Å². The molecule has 0 atom stereocenters. The number of benzene rings is 2. The topological polar surface area (TPSA) is 62.3 Å². The number of nitrogens with zero attached hydrogens (tertiary/aromatic N) is 3. The summed E-state index contributed by atoms with van der Waals surface area (Å²) in [5.74, 6) is -0.0526. The van der Waals surface area contributed by atoms with Crippen LogP contribution in [0.15, 0.2) is 42.5 Å². The number of amides is 3. The van der Waals surface area contributed by atoms with E-state index >= 15 is 0 Å². The molecule has 7 nitrogen and oxygen atoms in total. The fraction of sp³-hybridized carbons (Fsp3) is 0.538. The molecule has 1 spiro atoms. The lowest BCUT2D eigenvalue weighted by Crippen LogP contribution is -2.58. The van der Waals surface area contributed by atoms with E-state index in [9.17, 15) is 9.59 Å². The van der Waals surface area contributed by atoms with Crippen LogP contribution in [-0.4, -0.2) is 84.8 Å². The van der Waals surface area contributed by atoms with E-state index < -0.39 is 5.54 Å². The number of rotatable bonds is 6. The van der Waals surface area contributed by atoms with Gasteiger partial charge in [-0.3, -0.25) is 9.69 Å². The summed E-state index contributed by atoms with van der Waals surface area (Å²) < 4.78 is 10.8. The minimum Gasteiger partial charge on any atom is -0.383 e. The fourth-order valence-electron chi connectivity index (χ4n) is 5.81. The van der Waals surface area contributed by atoms with Crippen LogP contribution in [0.2, 0.25) is 0 Å². The second-order valence-corrected chi connectivity index (χ2v) is 9.37. The lowest BCUT2D eigenvalue weighted by Gasteiger charge is -2.45. The maximum atomic E-state index is 13.9. The molecule has 0 bridgehead atoms. The summed E-state index contributed by atoms with van der Waals surface area (Å²) in [4.78, 5) is 33.2. The van der Waals surface area contributed by atoms with Crippen molar-refractivity contribution in [3.8, 4) is 0 Å². The molecule has 2 aromatic rings. The zero-order chi connectivity index (χ0) is 22.8. The van der Waals surface area contributed by atoms with Crippen molar-refractivity contribution in [2.45, 2.75) is 43.8 Å². The third-order valence-electron chi connectivity index (χ3n) is 7.68. The predicted octanol–water partition coefficient (Wildman–Crippen LogP) is 3.26. The van der Waals surface area contributed by atoms with Gasteiger partial charge in [-0.2, -0.15) is 0 Å². The number of piperidine rings is 1. The zero-order valence-corrected chi connectivity index (χ0v) is 19.4. The summed E-state index contributed by atoms with van der Waals surface area (Å²) in [6.07, 6.45) is 3.43. The second-order valence-electron chi connectivity index (χ2n) is 9.37. The number of hydrogen-bond donors (Lipinski definition) is 0. The summed E-state index contributed by atoms with van der Waals surface area (Å²) in [6.45, 7) is 4.43. The Kier molecular flexibility index (Phi) is 6.36. The molecule has 0 aliphatic carbocycles. The van der Waals surface area contributed by atoms with E-state index in [4.69, 9.17) is 9.47 Å². The van der Waals surface area contributed by atoms with Crippen LogP contribution < -0.4 is 0 Å². The van der Waals surface area contributed by atoms with Crippen molar-refractivity contribution < 1.29 is 19.1 Å². The number of carbonyl (C=O) groups is 2. The third kappa shape index (κ3) is 4.03. The van der Waals surface area contributed by atoms with Gasteiger partial charge in [-0.1, -0.05) is 42.5 Å². The Balaban J connectivity index is 1.39. The summed E-state index contributed by atoms with van der Waals surface area (Å²) >= 11 is 0. The van der Waals surface area contributed by atoms with Crippen LogP contribution in [0.3, 0.4) is 0 Å². The van der Waals surface area contributed by atoms with E-state index in [1.54, 1.807) is 12.0 Å². The molecule has 3 heterocycles. The molecule has 0 N–H and O–H groups in total. The SMILES string of the molecule is COCCN1C(=O)N(Cc2cccc3ccccc23)C(=O)C12CCN(C1CCOCC1)CC2. The highest BCUT2D eigenvalue weighted by Crippen LogP contribution is 2.39. The van der Waals surface area contributed by atoms with Crippen LogP contribution in [0.1, 0.15) is 31.2 Å². The van der Waals surface area contributed by atoms with Crippen LogP contribution in [0.25, 0.3) is 10.8 Å². The van der Waals surface area contributed by atoms with Crippen molar-refractivity contribution in [3.63, 3.8) is 0 Å². The average Bonchev–Trinajstić information content (AvgIpc) is 3.05. The Hall–Kier alpha value is -2.48. The smallest absolute Gasteiger partial charge is 0.328 e. The van der Waals surface area contributed by atoms with Gasteiger partial charge >= 0.3 is 6.03 Å². The summed E-state index contributed by atoms with van der Waals surface area (Å²) in [5, 5.41) is 2.20. The minimum absolute atomic E-state index is 0.0526. The van der Waals surface area contributed by atoms with Gasteiger partial charge in [0.25, 0.3) is 5.91 Å². The van der Waals surface area contributed by atoms with Gasteiger partial charge in [-0.05, 0) is 42.0 Å².